The minimum atomic E-state index is 0.723. The van der Waals surface area contributed by atoms with Crippen LogP contribution in [0.2, 0.25) is 0 Å². The first-order valence-corrected chi connectivity index (χ1v) is 6.20. The predicted octanol–water partition coefficient (Wildman–Crippen LogP) is 2.18. The molecule has 3 nitrogen and oxygen atoms in total. The summed E-state index contributed by atoms with van der Waals surface area (Å²) >= 11 is 0. The zero-order valence-electron chi connectivity index (χ0n) is 10.7. The average Bonchev–Trinajstić information content (AvgIpc) is 2.70. The molecule has 0 atom stereocenters. The van der Waals surface area contributed by atoms with Crippen molar-refractivity contribution in [3.63, 3.8) is 0 Å². The Kier molecular flexibility index (Phi) is 6.19. The molecule has 0 aliphatic rings. The Morgan fingerprint density at radius 1 is 1.25 bits per heavy atom. The Labute approximate surface area is 98.6 Å². The standard InChI is InChI=1S/C13H24N2O/c1-4-13-12(5-8-16-13)10-15-7-6-14-9-11(2)3/h5,8,11,14-15H,4,6-7,9-10H2,1-3H3. The minimum Gasteiger partial charge on any atom is -0.469 e. The molecule has 0 aromatic carbocycles. The van der Waals surface area contributed by atoms with Gasteiger partial charge in [0.05, 0.1) is 6.26 Å². The smallest absolute Gasteiger partial charge is 0.107 e. The van der Waals surface area contributed by atoms with Crippen molar-refractivity contribution in [2.24, 2.45) is 5.92 Å². The van der Waals surface area contributed by atoms with Crippen LogP contribution in [0.15, 0.2) is 16.7 Å². The molecule has 0 radical (unpaired) electrons. The number of hydrogen-bond acceptors (Lipinski definition) is 3. The summed E-state index contributed by atoms with van der Waals surface area (Å²) in [6, 6.07) is 2.05. The van der Waals surface area contributed by atoms with Crippen LogP contribution in [-0.2, 0) is 13.0 Å². The van der Waals surface area contributed by atoms with Gasteiger partial charge in [-0.15, -0.1) is 0 Å². The Balaban J connectivity index is 2.07. The molecule has 1 rings (SSSR count). The van der Waals surface area contributed by atoms with Crippen LogP contribution in [0.4, 0.5) is 0 Å². The first-order chi connectivity index (χ1) is 7.74. The summed E-state index contributed by atoms with van der Waals surface area (Å²) in [4.78, 5) is 0. The quantitative estimate of drug-likeness (QED) is 0.665. The van der Waals surface area contributed by atoms with E-state index < -0.39 is 0 Å². The molecular formula is C13H24N2O. The molecule has 0 amide bonds. The van der Waals surface area contributed by atoms with E-state index in [1.54, 1.807) is 6.26 Å². The topological polar surface area (TPSA) is 37.2 Å². The first kappa shape index (κ1) is 13.3. The van der Waals surface area contributed by atoms with Crippen LogP contribution in [0, 0.1) is 5.92 Å². The molecule has 0 bridgehead atoms. The minimum absolute atomic E-state index is 0.723. The third-order valence-corrected chi connectivity index (χ3v) is 2.51. The zero-order valence-corrected chi connectivity index (χ0v) is 10.7. The van der Waals surface area contributed by atoms with Gasteiger partial charge >= 0.3 is 0 Å². The Morgan fingerprint density at radius 3 is 2.69 bits per heavy atom. The van der Waals surface area contributed by atoms with Gasteiger partial charge in [-0.3, -0.25) is 0 Å². The molecule has 92 valence electrons. The second kappa shape index (κ2) is 7.47. The lowest BCUT2D eigenvalue weighted by Gasteiger charge is -2.08. The lowest BCUT2D eigenvalue weighted by atomic mass is 10.2. The van der Waals surface area contributed by atoms with E-state index >= 15 is 0 Å². The molecule has 0 unspecified atom stereocenters. The summed E-state index contributed by atoms with van der Waals surface area (Å²) in [6.45, 7) is 10.6. The van der Waals surface area contributed by atoms with Crippen molar-refractivity contribution in [2.45, 2.75) is 33.7 Å². The second-order valence-electron chi connectivity index (χ2n) is 4.50. The molecule has 0 fully saturated rings. The van der Waals surface area contributed by atoms with Crippen molar-refractivity contribution in [1.29, 1.82) is 0 Å². The highest BCUT2D eigenvalue weighted by molar-refractivity contribution is 5.16. The number of furan rings is 1. The van der Waals surface area contributed by atoms with Gasteiger partial charge in [-0.2, -0.15) is 0 Å². The van der Waals surface area contributed by atoms with Gasteiger partial charge in [-0.1, -0.05) is 20.8 Å². The van der Waals surface area contributed by atoms with Crippen LogP contribution in [0.3, 0.4) is 0 Å². The van der Waals surface area contributed by atoms with Crippen LogP contribution in [0.5, 0.6) is 0 Å². The van der Waals surface area contributed by atoms with Crippen molar-refractivity contribution in [3.05, 3.63) is 23.7 Å². The molecule has 0 saturated carbocycles. The molecular weight excluding hydrogens is 200 g/mol. The maximum atomic E-state index is 5.37. The van der Waals surface area contributed by atoms with Crippen molar-refractivity contribution < 1.29 is 4.42 Å². The fourth-order valence-electron chi connectivity index (χ4n) is 1.63. The van der Waals surface area contributed by atoms with Crippen molar-refractivity contribution in [1.82, 2.24) is 10.6 Å². The molecule has 2 N–H and O–H groups in total. The van der Waals surface area contributed by atoms with E-state index in [0.717, 1.165) is 44.3 Å². The third-order valence-electron chi connectivity index (χ3n) is 2.51. The van der Waals surface area contributed by atoms with E-state index in [1.807, 2.05) is 6.07 Å². The number of nitrogens with one attached hydrogen (secondary N) is 2. The van der Waals surface area contributed by atoms with E-state index in [4.69, 9.17) is 4.42 Å². The highest BCUT2D eigenvalue weighted by Gasteiger charge is 2.02. The maximum Gasteiger partial charge on any atom is 0.107 e. The molecule has 1 aromatic heterocycles. The summed E-state index contributed by atoms with van der Waals surface area (Å²) in [5.74, 6) is 1.82. The van der Waals surface area contributed by atoms with Gasteiger partial charge < -0.3 is 15.1 Å². The van der Waals surface area contributed by atoms with Crippen molar-refractivity contribution >= 4 is 0 Å². The molecule has 0 saturated heterocycles. The van der Waals surface area contributed by atoms with Crippen LogP contribution < -0.4 is 10.6 Å². The van der Waals surface area contributed by atoms with E-state index in [1.165, 1.54) is 5.56 Å². The van der Waals surface area contributed by atoms with E-state index in [9.17, 15) is 0 Å². The number of hydrogen-bond donors (Lipinski definition) is 2. The number of aryl methyl sites for hydroxylation is 1. The fraction of sp³-hybridized carbons (Fsp3) is 0.692. The third kappa shape index (κ3) is 4.81. The van der Waals surface area contributed by atoms with Gasteiger partial charge in [-0.05, 0) is 18.5 Å². The Morgan fingerprint density at radius 2 is 2.00 bits per heavy atom. The molecule has 0 aliphatic heterocycles. The Hall–Kier alpha value is -0.800. The maximum absolute atomic E-state index is 5.37. The normalized spacial score (nSPS) is 11.2. The molecule has 0 aliphatic carbocycles. The SMILES string of the molecule is CCc1occc1CNCCNCC(C)C. The lowest BCUT2D eigenvalue weighted by Crippen LogP contribution is -2.29. The van der Waals surface area contributed by atoms with Gasteiger partial charge in [0.2, 0.25) is 0 Å². The van der Waals surface area contributed by atoms with Gasteiger partial charge in [0.15, 0.2) is 0 Å². The van der Waals surface area contributed by atoms with Gasteiger partial charge in [0.25, 0.3) is 0 Å². The summed E-state index contributed by atoms with van der Waals surface area (Å²) in [5, 5.41) is 6.82. The molecule has 1 heterocycles. The molecule has 16 heavy (non-hydrogen) atoms. The van der Waals surface area contributed by atoms with Gasteiger partial charge in [-0.25, -0.2) is 0 Å². The first-order valence-electron chi connectivity index (χ1n) is 6.20. The van der Waals surface area contributed by atoms with Gasteiger partial charge in [0, 0.05) is 31.6 Å². The highest BCUT2D eigenvalue weighted by Crippen LogP contribution is 2.10. The van der Waals surface area contributed by atoms with Crippen molar-refractivity contribution in [2.75, 3.05) is 19.6 Å². The highest BCUT2D eigenvalue weighted by atomic mass is 16.3. The molecule has 3 heteroatoms. The Bertz CT molecular complexity index is 281. The van der Waals surface area contributed by atoms with Crippen LogP contribution in [0.1, 0.15) is 32.1 Å². The summed E-state index contributed by atoms with van der Waals surface area (Å²) in [5.41, 5.74) is 1.28. The van der Waals surface area contributed by atoms with Gasteiger partial charge in [0.1, 0.15) is 5.76 Å². The van der Waals surface area contributed by atoms with Crippen LogP contribution in [-0.4, -0.2) is 19.6 Å². The zero-order chi connectivity index (χ0) is 11.8. The number of rotatable bonds is 8. The largest absolute Gasteiger partial charge is 0.469 e. The molecule has 1 aromatic rings. The second-order valence-corrected chi connectivity index (χ2v) is 4.50. The average molecular weight is 224 g/mol. The molecule has 0 spiro atoms. The fourth-order valence-corrected chi connectivity index (χ4v) is 1.63. The van der Waals surface area contributed by atoms with E-state index in [-0.39, 0.29) is 0 Å². The van der Waals surface area contributed by atoms with Crippen molar-refractivity contribution in [3.8, 4) is 0 Å². The summed E-state index contributed by atoms with van der Waals surface area (Å²) in [6.07, 6.45) is 2.74. The van der Waals surface area contributed by atoms with Crippen LogP contribution >= 0.6 is 0 Å². The lowest BCUT2D eigenvalue weighted by molar-refractivity contribution is 0.504. The summed E-state index contributed by atoms with van der Waals surface area (Å²) in [7, 11) is 0. The van der Waals surface area contributed by atoms with E-state index in [2.05, 4.69) is 31.4 Å². The summed E-state index contributed by atoms with van der Waals surface area (Å²) < 4.78 is 5.37. The van der Waals surface area contributed by atoms with E-state index in [0.29, 0.717) is 0 Å². The monoisotopic (exact) mass is 224 g/mol. The predicted molar refractivity (Wildman–Crippen MR) is 67.5 cm³/mol. The van der Waals surface area contributed by atoms with Crippen LogP contribution in [0.25, 0.3) is 0 Å².